The molecule has 1 aliphatic rings. The van der Waals surface area contributed by atoms with E-state index in [1.54, 1.807) is 10.4 Å². The lowest BCUT2D eigenvalue weighted by Crippen LogP contribution is -2.32. The lowest BCUT2D eigenvalue weighted by atomic mass is 9.80. The van der Waals surface area contributed by atoms with E-state index in [1.807, 2.05) is 19.9 Å². The molecule has 5 heteroatoms. The molecule has 2 N–H and O–H groups in total. The van der Waals surface area contributed by atoms with Crippen LogP contribution < -0.4 is 5.73 Å². The van der Waals surface area contributed by atoms with E-state index in [4.69, 9.17) is 5.73 Å². The summed E-state index contributed by atoms with van der Waals surface area (Å²) >= 11 is 0. The van der Waals surface area contributed by atoms with E-state index in [0.29, 0.717) is 24.7 Å². The van der Waals surface area contributed by atoms with Gasteiger partial charge in [-0.05, 0) is 48.8 Å². The summed E-state index contributed by atoms with van der Waals surface area (Å²) in [5.41, 5.74) is 8.14. The Morgan fingerprint density at radius 3 is 2.38 bits per heavy atom. The third-order valence-electron chi connectivity index (χ3n) is 4.68. The van der Waals surface area contributed by atoms with Crippen LogP contribution in [0.2, 0.25) is 0 Å². The van der Waals surface area contributed by atoms with Crippen molar-refractivity contribution in [1.29, 1.82) is 0 Å². The number of hydrogen-bond acceptors (Lipinski definition) is 3. The largest absolute Gasteiger partial charge is 0.398 e. The average molecular weight is 310 g/mol. The van der Waals surface area contributed by atoms with Gasteiger partial charge >= 0.3 is 0 Å². The molecule has 0 saturated carbocycles. The molecule has 0 radical (unpaired) electrons. The molecule has 1 aromatic carbocycles. The molecule has 1 aromatic rings. The van der Waals surface area contributed by atoms with Crippen molar-refractivity contribution in [2.24, 2.45) is 11.3 Å². The summed E-state index contributed by atoms with van der Waals surface area (Å²) < 4.78 is 27.5. The monoisotopic (exact) mass is 310 g/mol. The molecule has 1 aliphatic heterocycles. The average Bonchev–Trinajstić information content (AvgIpc) is 2.84. The maximum Gasteiger partial charge on any atom is 0.245 e. The number of anilines is 1. The summed E-state index contributed by atoms with van der Waals surface area (Å²) in [5, 5.41) is 0. The second kappa shape index (κ2) is 5.29. The summed E-state index contributed by atoms with van der Waals surface area (Å²) in [6, 6.07) is 3.55. The van der Waals surface area contributed by atoms with E-state index in [0.717, 1.165) is 17.5 Å². The van der Waals surface area contributed by atoms with Crippen molar-refractivity contribution in [3.05, 3.63) is 23.3 Å². The van der Waals surface area contributed by atoms with Gasteiger partial charge < -0.3 is 5.73 Å². The first-order valence-corrected chi connectivity index (χ1v) is 8.85. The summed E-state index contributed by atoms with van der Waals surface area (Å²) in [7, 11) is -3.51. The first-order chi connectivity index (χ1) is 9.55. The van der Waals surface area contributed by atoms with Crippen LogP contribution in [0.5, 0.6) is 0 Å². The number of nitrogens with two attached hydrogens (primary N) is 1. The van der Waals surface area contributed by atoms with Crippen molar-refractivity contribution in [2.45, 2.75) is 45.9 Å². The van der Waals surface area contributed by atoms with Gasteiger partial charge in [0.05, 0.1) is 5.69 Å². The van der Waals surface area contributed by atoms with E-state index in [9.17, 15) is 8.42 Å². The van der Waals surface area contributed by atoms with Gasteiger partial charge in [-0.1, -0.05) is 26.8 Å². The summed E-state index contributed by atoms with van der Waals surface area (Å²) in [6.45, 7) is 11.4. The molecule has 1 fully saturated rings. The fourth-order valence-corrected chi connectivity index (χ4v) is 4.83. The molecular weight excluding hydrogens is 284 g/mol. The summed E-state index contributed by atoms with van der Waals surface area (Å²) in [6.07, 6.45) is 0.910. The van der Waals surface area contributed by atoms with Crippen LogP contribution in [0.25, 0.3) is 0 Å². The zero-order valence-electron chi connectivity index (χ0n) is 13.6. The van der Waals surface area contributed by atoms with Gasteiger partial charge in [0.1, 0.15) is 4.90 Å². The van der Waals surface area contributed by atoms with Crippen LogP contribution in [-0.4, -0.2) is 25.8 Å². The molecule has 1 unspecified atom stereocenters. The second-order valence-corrected chi connectivity index (χ2v) is 9.02. The number of sulfonamides is 1. The quantitative estimate of drug-likeness (QED) is 0.854. The van der Waals surface area contributed by atoms with Gasteiger partial charge in [0.15, 0.2) is 0 Å². The third kappa shape index (κ3) is 2.94. The molecule has 4 nitrogen and oxygen atoms in total. The Labute approximate surface area is 128 Å². The van der Waals surface area contributed by atoms with Crippen molar-refractivity contribution >= 4 is 15.7 Å². The SMILES string of the molecule is Cc1ccc(N)c(S(=O)(=O)N2CCC(C(C)(C)C)C2)c1C. The number of hydrogen-bond donors (Lipinski definition) is 1. The van der Waals surface area contributed by atoms with Crippen LogP contribution in [0.4, 0.5) is 5.69 Å². The Morgan fingerprint density at radius 1 is 1.24 bits per heavy atom. The van der Waals surface area contributed by atoms with E-state index in [2.05, 4.69) is 20.8 Å². The van der Waals surface area contributed by atoms with Gasteiger partial charge in [-0.2, -0.15) is 4.31 Å². The smallest absolute Gasteiger partial charge is 0.245 e. The van der Waals surface area contributed by atoms with E-state index in [-0.39, 0.29) is 10.3 Å². The second-order valence-electron chi connectivity index (χ2n) is 7.14. The third-order valence-corrected chi connectivity index (χ3v) is 6.75. The van der Waals surface area contributed by atoms with Gasteiger partial charge in [0.2, 0.25) is 10.0 Å². The maximum absolute atomic E-state index is 12.9. The normalized spacial score (nSPS) is 20.9. The fraction of sp³-hybridized carbons (Fsp3) is 0.625. The van der Waals surface area contributed by atoms with Crippen LogP contribution in [0, 0.1) is 25.2 Å². The minimum Gasteiger partial charge on any atom is -0.398 e. The molecule has 0 spiro atoms. The minimum atomic E-state index is -3.51. The van der Waals surface area contributed by atoms with Gasteiger partial charge in [-0.3, -0.25) is 0 Å². The fourth-order valence-electron chi connectivity index (χ4n) is 2.94. The van der Waals surface area contributed by atoms with Crippen LogP contribution in [0.15, 0.2) is 17.0 Å². The Balaban J connectivity index is 2.39. The van der Waals surface area contributed by atoms with E-state index >= 15 is 0 Å². The standard InChI is InChI=1S/C16H26N2O2S/c1-11-6-7-14(17)15(12(11)2)21(19,20)18-9-8-13(10-18)16(3,4)5/h6-7,13H,8-10,17H2,1-5H3. The van der Waals surface area contributed by atoms with Crippen LogP contribution in [-0.2, 0) is 10.0 Å². The lowest BCUT2D eigenvalue weighted by Gasteiger charge is -2.27. The highest BCUT2D eigenvalue weighted by atomic mass is 32.2. The number of rotatable bonds is 2. The highest BCUT2D eigenvalue weighted by molar-refractivity contribution is 7.89. The number of nitrogens with zero attached hydrogens (tertiary/aromatic N) is 1. The van der Waals surface area contributed by atoms with Crippen molar-refractivity contribution in [3.8, 4) is 0 Å². The Hall–Kier alpha value is -1.07. The molecular formula is C16H26N2O2S. The van der Waals surface area contributed by atoms with Crippen molar-refractivity contribution in [3.63, 3.8) is 0 Å². The van der Waals surface area contributed by atoms with Crippen molar-refractivity contribution < 1.29 is 8.42 Å². The molecule has 1 saturated heterocycles. The molecule has 0 bridgehead atoms. The highest BCUT2D eigenvalue weighted by Gasteiger charge is 2.38. The van der Waals surface area contributed by atoms with Crippen LogP contribution >= 0.6 is 0 Å². The predicted molar refractivity (Wildman–Crippen MR) is 86.6 cm³/mol. The molecule has 1 atom stereocenters. The van der Waals surface area contributed by atoms with E-state index in [1.165, 1.54) is 0 Å². The summed E-state index contributed by atoms with van der Waals surface area (Å²) in [4.78, 5) is 0.289. The van der Waals surface area contributed by atoms with Crippen LogP contribution in [0.1, 0.15) is 38.3 Å². The van der Waals surface area contributed by atoms with Crippen LogP contribution in [0.3, 0.4) is 0 Å². The molecule has 1 heterocycles. The van der Waals surface area contributed by atoms with Gasteiger partial charge in [0.25, 0.3) is 0 Å². The topological polar surface area (TPSA) is 63.4 Å². The lowest BCUT2D eigenvalue weighted by molar-refractivity contribution is 0.252. The number of aryl methyl sites for hydroxylation is 1. The van der Waals surface area contributed by atoms with Gasteiger partial charge in [-0.15, -0.1) is 0 Å². The van der Waals surface area contributed by atoms with Gasteiger partial charge in [0, 0.05) is 13.1 Å². The highest BCUT2D eigenvalue weighted by Crippen LogP contribution is 2.37. The Bertz CT molecular complexity index is 645. The Morgan fingerprint density at radius 2 is 1.86 bits per heavy atom. The maximum atomic E-state index is 12.9. The molecule has 21 heavy (non-hydrogen) atoms. The first kappa shape index (κ1) is 16.3. The zero-order chi connectivity index (χ0) is 16.0. The predicted octanol–water partition coefficient (Wildman–Crippen LogP) is 2.94. The summed E-state index contributed by atoms with van der Waals surface area (Å²) in [5.74, 6) is 0.388. The number of benzene rings is 1. The molecule has 0 aromatic heterocycles. The molecule has 118 valence electrons. The molecule has 0 amide bonds. The van der Waals surface area contributed by atoms with Gasteiger partial charge in [-0.25, -0.2) is 8.42 Å². The first-order valence-electron chi connectivity index (χ1n) is 7.41. The molecule has 2 rings (SSSR count). The van der Waals surface area contributed by atoms with E-state index < -0.39 is 10.0 Å². The zero-order valence-corrected chi connectivity index (χ0v) is 14.4. The van der Waals surface area contributed by atoms with Crippen molar-refractivity contribution in [1.82, 2.24) is 4.31 Å². The Kier molecular flexibility index (Phi) is 4.10. The molecule has 0 aliphatic carbocycles. The van der Waals surface area contributed by atoms with Crippen molar-refractivity contribution in [2.75, 3.05) is 18.8 Å². The number of nitrogen functional groups attached to an aromatic ring is 1. The minimum absolute atomic E-state index is 0.122.